The van der Waals surface area contributed by atoms with Crippen molar-refractivity contribution >= 4 is 45.6 Å². The number of rotatable bonds is 3. The number of aromatic carboxylic acids is 1. The van der Waals surface area contributed by atoms with Crippen LogP contribution < -0.4 is 10.6 Å². The Labute approximate surface area is 117 Å². The van der Waals surface area contributed by atoms with E-state index in [2.05, 4.69) is 10.6 Å². The van der Waals surface area contributed by atoms with E-state index in [-0.39, 0.29) is 10.6 Å². The number of carboxylic acid groups (broad SMARTS) is 1. The summed E-state index contributed by atoms with van der Waals surface area (Å²) < 4.78 is 0. The maximum atomic E-state index is 11.7. The minimum atomic E-state index is -1.09. The van der Waals surface area contributed by atoms with Crippen LogP contribution in [0.25, 0.3) is 0 Å². The van der Waals surface area contributed by atoms with E-state index in [4.69, 9.17) is 16.7 Å². The van der Waals surface area contributed by atoms with E-state index in [9.17, 15) is 9.59 Å². The highest BCUT2D eigenvalue weighted by atomic mass is 35.5. The van der Waals surface area contributed by atoms with Crippen molar-refractivity contribution in [2.24, 2.45) is 0 Å². The Bertz CT molecular complexity index is 627. The lowest BCUT2D eigenvalue weighted by atomic mass is 10.3. The van der Waals surface area contributed by atoms with Gasteiger partial charge in [0, 0.05) is 0 Å². The fourth-order valence-electron chi connectivity index (χ4n) is 1.39. The molecule has 1 heterocycles. The second-order valence-corrected chi connectivity index (χ2v) is 4.85. The average Bonchev–Trinajstić information content (AvgIpc) is 2.80. The number of hydrogen-bond donors (Lipinski definition) is 3. The van der Waals surface area contributed by atoms with Gasteiger partial charge < -0.3 is 10.4 Å². The number of urea groups is 1. The summed E-state index contributed by atoms with van der Waals surface area (Å²) in [5, 5.41) is 16.2. The van der Waals surface area contributed by atoms with Crippen LogP contribution in [0, 0.1) is 0 Å². The molecule has 0 atom stereocenters. The van der Waals surface area contributed by atoms with Gasteiger partial charge in [0.2, 0.25) is 0 Å². The van der Waals surface area contributed by atoms with E-state index in [1.54, 1.807) is 29.6 Å². The number of carbonyl (C=O) groups excluding carboxylic acids is 1. The molecule has 1 aromatic carbocycles. The first-order chi connectivity index (χ1) is 9.08. The molecule has 2 rings (SSSR count). The molecule has 1 aromatic heterocycles. The molecule has 3 N–H and O–H groups in total. The minimum Gasteiger partial charge on any atom is -0.478 e. The third-order valence-electron chi connectivity index (χ3n) is 2.24. The van der Waals surface area contributed by atoms with Crippen LogP contribution in [0.4, 0.5) is 15.5 Å². The van der Waals surface area contributed by atoms with Crippen LogP contribution in [0.15, 0.2) is 35.7 Å². The largest absolute Gasteiger partial charge is 0.478 e. The van der Waals surface area contributed by atoms with E-state index in [0.717, 1.165) is 11.3 Å². The Morgan fingerprint density at radius 1 is 1.16 bits per heavy atom. The average molecular weight is 297 g/mol. The van der Waals surface area contributed by atoms with Gasteiger partial charge in [-0.25, -0.2) is 9.59 Å². The number of nitrogens with one attached hydrogen (secondary N) is 2. The third-order valence-corrected chi connectivity index (χ3v) is 3.40. The maximum Gasteiger partial charge on any atom is 0.338 e. The summed E-state index contributed by atoms with van der Waals surface area (Å²) in [6.07, 6.45) is 0. The van der Waals surface area contributed by atoms with Crippen LogP contribution >= 0.6 is 22.9 Å². The van der Waals surface area contributed by atoms with Crippen molar-refractivity contribution in [3.8, 4) is 0 Å². The number of carboxylic acids is 1. The Morgan fingerprint density at radius 3 is 2.58 bits per heavy atom. The van der Waals surface area contributed by atoms with E-state index in [0.29, 0.717) is 10.7 Å². The summed E-state index contributed by atoms with van der Waals surface area (Å²) in [5.74, 6) is -1.09. The smallest absolute Gasteiger partial charge is 0.338 e. The van der Waals surface area contributed by atoms with Gasteiger partial charge in [-0.2, -0.15) is 0 Å². The lowest BCUT2D eigenvalue weighted by Crippen LogP contribution is -2.20. The van der Waals surface area contributed by atoms with Gasteiger partial charge in [-0.1, -0.05) is 23.7 Å². The van der Waals surface area contributed by atoms with E-state index in [1.807, 2.05) is 0 Å². The van der Waals surface area contributed by atoms with Gasteiger partial charge in [-0.3, -0.25) is 5.32 Å². The molecule has 0 saturated carbocycles. The highest BCUT2D eigenvalue weighted by Crippen LogP contribution is 2.24. The van der Waals surface area contributed by atoms with E-state index < -0.39 is 12.0 Å². The van der Waals surface area contributed by atoms with Gasteiger partial charge in [-0.05, 0) is 23.6 Å². The number of carbonyl (C=O) groups is 2. The molecule has 98 valence electrons. The van der Waals surface area contributed by atoms with Gasteiger partial charge in [0.25, 0.3) is 0 Å². The van der Waals surface area contributed by atoms with Crippen LogP contribution in [-0.4, -0.2) is 17.1 Å². The maximum absolute atomic E-state index is 11.7. The van der Waals surface area contributed by atoms with Gasteiger partial charge in [0.1, 0.15) is 5.00 Å². The predicted molar refractivity (Wildman–Crippen MR) is 75.4 cm³/mol. The summed E-state index contributed by atoms with van der Waals surface area (Å²) in [4.78, 5) is 22.6. The first kappa shape index (κ1) is 13.4. The number of thiophene rings is 1. The second kappa shape index (κ2) is 5.73. The zero-order valence-electron chi connectivity index (χ0n) is 9.51. The second-order valence-electron chi connectivity index (χ2n) is 3.53. The van der Waals surface area contributed by atoms with Crippen molar-refractivity contribution in [2.75, 3.05) is 10.6 Å². The summed E-state index contributed by atoms with van der Waals surface area (Å²) in [7, 11) is 0. The summed E-state index contributed by atoms with van der Waals surface area (Å²) in [6, 6.07) is 7.65. The number of benzene rings is 1. The predicted octanol–water partition coefficient (Wildman–Crippen LogP) is 3.74. The molecule has 0 aliphatic rings. The van der Waals surface area contributed by atoms with E-state index >= 15 is 0 Å². The fraction of sp³-hybridized carbons (Fsp3) is 0. The molecule has 0 bridgehead atoms. The molecular formula is C12H9ClN2O3S. The number of hydrogen-bond acceptors (Lipinski definition) is 3. The van der Waals surface area contributed by atoms with Gasteiger partial charge in [0.05, 0.1) is 16.3 Å². The number of halogens is 1. The van der Waals surface area contributed by atoms with Crippen LogP contribution in [-0.2, 0) is 0 Å². The molecule has 2 amide bonds. The lowest BCUT2D eigenvalue weighted by Gasteiger charge is -2.08. The normalized spacial score (nSPS) is 9.95. The van der Waals surface area contributed by atoms with Gasteiger partial charge >= 0.3 is 12.0 Å². The standard InChI is InChI=1S/C12H9ClN2O3S/c13-8-3-1-2-4-9(8)14-12(18)15-10-7(11(16)17)5-6-19-10/h1-6H,(H,16,17)(H2,14,15,18). The quantitative estimate of drug-likeness (QED) is 0.807. The molecule has 0 fully saturated rings. The zero-order valence-corrected chi connectivity index (χ0v) is 11.1. The molecule has 19 heavy (non-hydrogen) atoms. The molecule has 0 aliphatic heterocycles. The fourth-order valence-corrected chi connectivity index (χ4v) is 2.35. The topological polar surface area (TPSA) is 78.4 Å². The molecular weight excluding hydrogens is 288 g/mol. The van der Waals surface area contributed by atoms with E-state index in [1.165, 1.54) is 6.07 Å². The Kier molecular flexibility index (Phi) is 4.03. The summed E-state index contributed by atoms with van der Waals surface area (Å²) in [5.41, 5.74) is 0.509. The minimum absolute atomic E-state index is 0.0549. The zero-order chi connectivity index (χ0) is 13.8. The Balaban J connectivity index is 2.08. The molecule has 0 spiro atoms. The van der Waals surface area contributed by atoms with Crippen molar-refractivity contribution in [2.45, 2.75) is 0 Å². The van der Waals surface area contributed by atoms with Crippen molar-refractivity contribution < 1.29 is 14.7 Å². The third kappa shape index (κ3) is 3.24. The van der Waals surface area contributed by atoms with Crippen LogP contribution in [0.3, 0.4) is 0 Å². The highest BCUT2D eigenvalue weighted by Gasteiger charge is 2.14. The Morgan fingerprint density at radius 2 is 1.89 bits per heavy atom. The summed E-state index contributed by atoms with van der Waals surface area (Å²) >= 11 is 7.03. The van der Waals surface area contributed by atoms with Crippen molar-refractivity contribution in [1.82, 2.24) is 0 Å². The van der Waals surface area contributed by atoms with Crippen LogP contribution in [0.5, 0.6) is 0 Å². The lowest BCUT2D eigenvalue weighted by molar-refractivity contribution is 0.0698. The van der Waals surface area contributed by atoms with Crippen molar-refractivity contribution in [3.63, 3.8) is 0 Å². The molecule has 0 radical (unpaired) electrons. The molecule has 0 aliphatic carbocycles. The SMILES string of the molecule is O=C(Nc1ccccc1Cl)Nc1sccc1C(=O)O. The molecule has 7 heteroatoms. The molecule has 0 saturated heterocycles. The molecule has 2 aromatic rings. The van der Waals surface area contributed by atoms with Crippen molar-refractivity contribution in [1.29, 1.82) is 0 Å². The number of para-hydroxylation sites is 1. The Hall–Kier alpha value is -2.05. The number of anilines is 2. The van der Waals surface area contributed by atoms with Gasteiger partial charge in [-0.15, -0.1) is 11.3 Å². The van der Waals surface area contributed by atoms with Crippen LogP contribution in [0.2, 0.25) is 5.02 Å². The molecule has 0 unspecified atom stereocenters. The summed E-state index contributed by atoms with van der Waals surface area (Å²) in [6.45, 7) is 0. The molecule has 5 nitrogen and oxygen atoms in total. The first-order valence-corrected chi connectivity index (χ1v) is 6.47. The monoisotopic (exact) mass is 296 g/mol. The van der Waals surface area contributed by atoms with Crippen LogP contribution in [0.1, 0.15) is 10.4 Å². The van der Waals surface area contributed by atoms with Gasteiger partial charge in [0.15, 0.2) is 0 Å². The first-order valence-electron chi connectivity index (χ1n) is 5.21. The number of amides is 2. The highest BCUT2D eigenvalue weighted by molar-refractivity contribution is 7.14. The van der Waals surface area contributed by atoms with Crippen molar-refractivity contribution in [3.05, 3.63) is 46.3 Å².